The van der Waals surface area contributed by atoms with Crippen molar-refractivity contribution in [2.75, 3.05) is 0 Å². The zero-order chi connectivity index (χ0) is 4.28. The summed E-state index contributed by atoms with van der Waals surface area (Å²) in [5.74, 6) is 0. The Morgan fingerprint density at radius 2 is 2.20 bits per heavy atom. The Morgan fingerprint density at radius 1 is 2.00 bits per heavy atom. The number of halogens is 1. The zero-order valence-corrected chi connectivity index (χ0v) is 5.45. The Kier molecular flexibility index (Phi) is 2.71. The second kappa shape index (κ2) is 2.55. The third-order valence-corrected chi connectivity index (χ3v) is 0.789. The van der Waals surface area contributed by atoms with Crippen LogP contribution in [0.5, 0.6) is 0 Å². The first kappa shape index (κ1) is 5.32. The van der Waals surface area contributed by atoms with Gasteiger partial charge in [-0.3, -0.25) is 0 Å². The van der Waals surface area contributed by atoms with Gasteiger partial charge in [0.05, 0.1) is 0 Å². The molecule has 1 atom stereocenters. The van der Waals surface area contributed by atoms with Crippen LogP contribution in [0.4, 0.5) is 4.79 Å². The molecule has 4 heteroatoms. The molecule has 0 saturated carbocycles. The summed E-state index contributed by atoms with van der Waals surface area (Å²) in [4.78, 5) is 9.49. The van der Waals surface area contributed by atoms with Crippen molar-refractivity contribution in [3.05, 3.63) is 0 Å². The fourth-order valence-electron chi connectivity index (χ4n) is 0. The van der Waals surface area contributed by atoms with Crippen molar-refractivity contribution in [1.82, 2.24) is 0 Å². The van der Waals surface area contributed by atoms with E-state index in [0.717, 1.165) is 16.9 Å². The van der Waals surface area contributed by atoms with Crippen LogP contribution in [0.15, 0.2) is 0 Å². The summed E-state index contributed by atoms with van der Waals surface area (Å²) in [5, 5.41) is 0. The van der Waals surface area contributed by atoms with Gasteiger partial charge in [0.15, 0.2) is 0 Å². The Labute approximate surface area is 43.1 Å². The third kappa shape index (κ3) is 4.32. The van der Waals surface area contributed by atoms with Gasteiger partial charge in [-0.1, -0.05) is 0 Å². The number of hydrogen-bond donors (Lipinski definition) is 0. The molecule has 0 bridgehead atoms. The van der Waals surface area contributed by atoms with Gasteiger partial charge >= 0.3 is 42.6 Å². The molecule has 0 aromatic heterocycles. The summed E-state index contributed by atoms with van der Waals surface area (Å²) < 4.78 is 3.19. The van der Waals surface area contributed by atoms with Crippen molar-refractivity contribution >= 4 is 33.5 Å². The number of carbonyl (C=O) groups is 1. The minimum atomic E-state index is -0.417. The standard InChI is InChI=1S/CH2AsClO2/c2-1(4)5-3/h2H2. The van der Waals surface area contributed by atoms with Gasteiger partial charge in [0.25, 0.3) is 0 Å². The first-order valence-corrected chi connectivity index (χ1v) is 2.37. The van der Waals surface area contributed by atoms with Crippen LogP contribution in [0.25, 0.3) is 0 Å². The van der Waals surface area contributed by atoms with E-state index in [-0.39, 0.29) is 0 Å². The fraction of sp³-hybridized carbons (Fsp3) is 0. The molecule has 2 nitrogen and oxygen atoms in total. The van der Waals surface area contributed by atoms with Crippen LogP contribution in [-0.2, 0) is 4.29 Å². The van der Waals surface area contributed by atoms with Gasteiger partial charge < -0.3 is 0 Å². The van der Waals surface area contributed by atoms with Crippen LogP contribution in [-0.4, -0.2) is 21.6 Å². The molecule has 1 unspecified atom stereocenters. The van der Waals surface area contributed by atoms with Crippen molar-refractivity contribution in [3.8, 4) is 0 Å². The molecule has 0 spiro atoms. The van der Waals surface area contributed by atoms with Crippen LogP contribution in [0, 0.1) is 0 Å². The third-order valence-electron chi connectivity index (χ3n) is 0.0760. The molecular weight excluding hydrogens is 154 g/mol. The summed E-state index contributed by atoms with van der Waals surface area (Å²) in [6.45, 7) is 0. The van der Waals surface area contributed by atoms with Crippen molar-refractivity contribution in [2.24, 2.45) is 0 Å². The van der Waals surface area contributed by atoms with E-state index in [4.69, 9.17) is 0 Å². The summed E-state index contributed by atoms with van der Waals surface area (Å²) in [6, 6.07) is 0. The quantitative estimate of drug-likeness (QED) is 0.458. The first-order chi connectivity index (χ1) is 2.27. The summed E-state index contributed by atoms with van der Waals surface area (Å²) in [5.41, 5.74) is 0. The van der Waals surface area contributed by atoms with E-state index in [0.29, 0.717) is 0 Å². The second-order valence-electron chi connectivity index (χ2n) is 0.396. The molecule has 0 N–H and O–H groups in total. The van der Waals surface area contributed by atoms with Crippen molar-refractivity contribution < 1.29 is 9.08 Å². The van der Waals surface area contributed by atoms with Gasteiger partial charge in [-0.15, -0.1) is 0 Å². The monoisotopic (exact) mass is 156 g/mol. The molecule has 0 rings (SSSR count). The molecular formula is CH2AsClO2. The molecule has 0 aliphatic heterocycles. The fourth-order valence-corrected chi connectivity index (χ4v) is 0. The maximum atomic E-state index is 9.49. The van der Waals surface area contributed by atoms with Crippen LogP contribution in [0.2, 0.25) is 0 Å². The van der Waals surface area contributed by atoms with Crippen molar-refractivity contribution in [2.45, 2.75) is 0 Å². The molecule has 0 saturated heterocycles. The minimum absolute atomic E-state index is 0.417. The molecule has 0 heterocycles. The molecule has 30 valence electrons. The number of carbonyl (C=O) groups excluding carboxylic acids is 1. The predicted molar refractivity (Wildman–Crippen MR) is 20.9 cm³/mol. The van der Waals surface area contributed by atoms with Crippen molar-refractivity contribution in [3.63, 3.8) is 0 Å². The molecule has 0 radical (unpaired) electrons. The summed E-state index contributed by atoms with van der Waals surface area (Å²) >= 11 is 5.35. The molecule has 0 amide bonds. The average Bonchev–Trinajstić information content (AvgIpc) is 1.38. The van der Waals surface area contributed by atoms with Crippen LogP contribution < -0.4 is 0 Å². The molecule has 0 aliphatic carbocycles. The van der Waals surface area contributed by atoms with Gasteiger partial charge in [-0.05, 0) is 0 Å². The average molecular weight is 156 g/mol. The van der Waals surface area contributed by atoms with Gasteiger partial charge in [0.1, 0.15) is 0 Å². The Balaban J connectivity index is 2.85. The normalized spacial score (nSPS) is 6.80. The van der Waals surface area contributed by atoms with Crippen LogP contribution in [0.1, 0.15) is 0 Å². The maximum absolute atomic E-state index is 9.49. The van der Waals surface area contributed by atoms with E-state index in [2.05, 4.69) is 16.2 Å². The van der Waals surface area contributed by atoms with E-state index in [1.165, 1.54) is 0 Å². The van der Waals surface area contributed by atoms with Crippen LogP contribution >= 0.6 is 11.9 Å². The number of hydrogen-bond acceptors (Lipinski definition) is 2. The van der Waals surface area contributed by atoms with Gasteiger partial charge in [-0.25, -0.2) is 0 Å². The van der Waals surface area contributed by atoms with Crippen molar-refractivity contribution in [1.29, 1.82) is 0 Å². The Bertz CT molecular complexity index is 44.9. The molecule has 0 aliphatic rings. The SMILES string of the molecule is O=C([AsH2])OCl. The van der Waals surface area contributed by atoms with E-state index >= 15 is 0 Å². The van der Waals surface area contributed by atoms with Gasteiger partial charge in [0, 0.05) is 0 Å². The Morgan fingerprint density at radius 3 is 2.20 bits per heavy atom. The van der Waals surface area contributed by atoms with E-state index in [1.54, 1.807) is 0 Å². The molecule has 0 aromatic carbocycles. The van der Waals surface area contributed by atoms with E-state index in [1.807, 2.05) is 0 Å². The summed E-state index contributed by atoms with van der Waals surface area (Å²) in [7, 11) is 0. The van der Waals surface area contributed by atoms with E-state index in [9.17, 15) is 4.79 Å². The summed E-state index contributed by atoms with van der Waals surface area (Å²) in [6.07, 6.45) is 0. The predicted octanol–water partition coefficient (Wildman–Crippen LogP) is -0.0901. The molecule has 0 fully saturated rings. The molecule has 0 aromatic rings. The number of rotatable bonds is 0. The topological polar surface area (TPSA) is 26.3 Å². The zero-order valence-electron chi connectivity index (χ0n) is 2.27. The van der Waals surface area contributed by atoms with Gasteiger partial charge in [-0.2, -0.15) is 0 Å². The molecule has 5 heavy (non-hydrogen) atoms. The Hall–Kier alpha value is 0.318. The van der Waals surface area contributed by atoms with E-state index < -0.39 is 4.76 Å². The van der Waals surface area contributed by atoms with Gasteiger partial charge in [0.2, 0.25) is 0 Å². The first-order valence-electron chi connectivity index (χ1n) is 0.851. The van der Waals surface area contributed by atoms with Crippen LogP contribution in [0.3, 0.4) is 0 Å². The second-order valence-corrected chi connectivity index (χ2v) is 1.54.